The number of hydrogen-bond donors (Lipinski definition) is 0. The first-order valence-electron chi connectivity index (χ1n) is 5.95. The molecule has 2 aromatic carbocycles. The molecule has 0 fully saturated rings. The minimum atomic E-state index is -0.443. The second kappa shape index (κ2) is 6.73. The van der Waals surface area contributed by atoms with Crippen LogP contribution in [0, 0.1) is 10.1 Å². The van der Waals surface area contributed by atoms with Crippen molar-refractivity contribution in [3.63, 3.8) is 0 Å². The van der Waals surface area contributed by atoms with Gasteiger partial charge in [-0.25, -0.2) is 0 Å². The van der Waals surface area contributed by atoms with E-state index in [-0.39, 0.29) is 5.69 Å². The van der Waals surface area contributed by atoms with E-state index in [1.165, 1.54) is 12.1 Å². The zero-order valence-electron chi connectivity index (χ0n) is 10.5. The van der Waals surface area contributed by atoms with Crippen LogP contribution in [-0.2, 0) is 0 Å². The van der Waals surface area contributed by atoms with Crippen LogP contribution in [0.4, 0.5) is 5.69 Å². The molecule has 0 amide bonds. The van der Waals surface area contributed by atoms with Crippen molar-refractivity contribution in [3.05, 3.63) is 75.3 Å². The predicted octanol–water partition coefficient (Wildman–Crippen LogP) is 4.34. The van der Waals surface area contributed by atoms with E-state index in [1.54, 1.807) is 12.1 Å². The fraction of sp³-hybridized carbons (Fsp3) is 0.0667. The summed E-state index contributed by atoms with van der Waals surface area (Å²) in [5.41, 5.74) is 0.963. The molecule has 0 heterocycles. The second-order valence-corrected chi connectivity index (χ2v) is 4.39. The van der Waals surface area contributed by atoms with Crippen molar-refractivity contribution in [2.45, 2.75) is 0 Å². The molecule has 0 aliphatic heterocycles. The molecule has 2 rings (SSSR count). The molecular weight excluding hydrogens is 278 g/mol. The summed E-state index contributed by atoms with van der Waals surface area (Å²) in [6.07, 6.45) is 3.70. The Morgan fingerprint density at radius 3 is 2.50 bits per heavy atom. The Kier molecular flexibility index (Phi) is 4.74. The lowest BCUT2D eigenvalue weighted by atomic mass is 10.2. The van der Waals surface area contributed by atoms with E-state index in [2.05, 4.69) is 0 Å². The first-order valence-corrected chi connectivity index (χ1v) is 6.33. The smallest absolute Gasteiger partial charge is 0.269 e. The molecule has 0 spiro atoms. The summed E-state index contributed by atoms with van der Waals surface area (Å²) >= 11 is 6.01. The van der Waals surface area contributed by atoms with Crippen molar-refractivity contribution in [3.8, 4) is 5.75 Å². The molecule has 102 valence electrons. The van der Waals surface area contributed by atoms with Gasteiger partial charge in [-0.1, -0.05) is 35.9 Å². The van der Waals surface area contributed by atoms with Crippen molar-refractivity contribution in [2.24, 2.45) is 0 Å². The summed E-state index contributed by atoms with van der Waals surface area (Å²) in [4.78, 5) is 10.1. The number of hydrogen-bond acceptors (Lipinski definition) is 3. The first-order chi connectivity index (χ1) is 9.66. The highest BCUT2D eigenvalue weighted by atomic mass is 35.5. The summed E-state index contributed by atoms with van der Waals surface area (Å²) in [5, 5.41) is 11.2. The van der Waals surface area contributed by atoms with Gasteiger partial charge in [0.05, 0.1) is 4.92 Å². The molecule has 0 aromatic heterocycles. The fourth-order valence-corrected chi connectivity index (χ4v) is 1.79. The van der Waals surface area contributed by atoms with Crippen molar-refractivity contribution in [2.75, 3.05) is 6.61 Å². The number of nitro benzene ring substituents is 1. The van der Waals surface area contributed by atoms with E-state index < -0.39 is 4.92 Å². The van der Waals surface area contributed by atoms with E-state index in [0.29, 0.717) is 17.4 Å². The van der Waals surface area contributed by atoms with Crippen molar-refractivity contribution >= 4 is 23.4 Å². The lowest BCUT2D eigenvalue weighted by Gasteiger charge is -2.02. The normalized spacial score (nSPS) is 10.7. The number of nitro groups is 1. The van der Waals surface area contributed by atoms with Gasteiger partial charge in [0.2, 0.25) is 0 Å². The first kappa shape index (κ1) is 14.1. The van der Waals surface area contributed by atoms with Crippen LogP contribution < -0.4 is 4.74 Å². The summed E-state index contributed by atoms with van der Waals surface area (Å²) in [6, 6.07) is 13.5. The molecular formula is C15H12ClNO3. The minimum absolute atomic E-state index is 0.0453. The Morgan fingerprint density at radius 2 is 1.85 bits per heavy atom. The van der Waals surface area contributed by atoms with E-state index in [9.17, 15) is 10.1 Å². The molecule has 4 nitrogen and oxygen atoms in total. The summed E-state index contributed by atoms with van der Waals surface area (Å²) in [5.74, 6) is 0.583. The summed E-state index contributed by atoms with van der Waals surface area (Å²) < 4.78 is 5.45. The van der Waals surface area contributed by atoms with Gasteiger partial charge in [0, 0.05) is 17.2 Å². The van der Waals surface area contributed by atoms with Crippen LogP contribution in [0.2, 0.25) is 5.02 Å². The van der Waals surface area contributed by atoms with Crippen LogP contribution in [0.1, 0.15) is 5.56 Å². The Balaban J connectivity index is 1.90. The molecule has 0 radical (unpaired) electrons. The van der Waals surface area contributed by atoms with Gasteiger partial charge >= 0.3 is 0 Å². The Morgan fingerprint density at radius 1 is 1.15 bits per heavy atom. The van der Waals surface area contributed by atoms with Crippen LogP contribution in [0.5, 0.6) is 5.75 Å². The minimum Gasteiger partial charge on any atom is -0.490 e. The highest BCUT2D eigenvalue weighted by Crippen LogP contribution is 2.18. The van der Waals surface area contributed by atoms with Crippen LogP contribution in [0.3, 0.4) is 0 Å². The summed E-state index contributed by atoms with van der Waals surface area (Å²) in [7, 11) is 0. The largest absolute Gasteiger partial charge is 0.490 e. The average molecular weight is 290 g/mol. The highest BCUT2D eigenvalue weighted by molar-refractivity contribution is 6.32. The fourth-order valence-electron chi connectivity index (χ4n) is 1.59. The molecule has 5 heteroatoms. The molecule has 0 saturated carbocycles. The van der Waals surface area contributed by atoms with Crippen LogP contribution in [-0.4, -0.2) is 11.5 Å². The topological polar surface area (TPSA) is 52.4 Å². The molecule has 2 aromatic rings. The van der Waals surface area contributed by atoms with Gasteiger partial charge in [0.25, 0.3) is 5.69 Å². The van der Waals surface area contributed by atoms with Gasteiger partial charge in [-0.15, -0.1) is 0 Å². The summed E-state index contributed by atoms with van der Waals surface area (Å²) in [6.45, 7) is 0.364. The molecule has 0 N–H and O–H groups in total. The maximum absolute atomic E-state index is 10.5. The number of benzene rings is 2. The van der Waals surface area contributed by atoms with Crippen molar-refractivity contribution in [1.82, 2.24) is 0 Å². The molecule has 0 unspecified atom stereocenters. The maximum atomic E-state index is 10.5. The number of rotatable bonds is 5. The Hall–Kier alpha value is -2.33. The number of nitrogens with zero attached hydrogens (tertiary/aromatic N) is 1. The maximum Gasteiger partial charge on any atom is 0.269 e. The van der Waals surface area contributed by atoms with E-state index in [4.69, 9.17) is 16.3 Å². The van der Waals surface area contributed by atoms with E-state index in [1.807, 2.05) is 36.4 Å². The number of non-ortho nitro benzene ring substituents is 1. The quantitative estimate of drug-likeness (QED) is 0.608. The standard InChI is InChI=1S/C15H12ClNO3/c16-15-6-2-1-4-12(15)5-3-11-20-14-9-7-13(8-10-14)17(18)19/h1-10H,11H2/b5-3+. The predicted molar refractivity (Wildman–Crippen MR) is 79.1 cm³/mol. The van der Waals surface area contributed by atoms with Crippen LogP contribution >= 0.6 is 11.6 Å². The lowest BCUT2D eigenvalue weighted by Crippen LogP contribution is -1.94. The zero-order valence-corrected chi connectivity index (χ0v) is 11.3. The Labute approximate surface area is 121 Å². The number of halogens is 1. The molecule has 20 heavy (non-hydrogen) atoms. The zero-order chi connectivity index (χ0) is 14.4. The second-order valence-electron chi connectivity index (χ2n) is 3.99. The SMILES string of the molecule is O=[N+]([O-])c1ccc(OC/C=C/c2ccccc2Cl)cc1. The van der Waals surface area contributed by atoms with Crippen molar-refractivity contribution in [1.29, 1.82) is 0 Å². The van der Waals surface area contributed by atoms with Gasteiger partial charge in [-0.2, -0.15) is 0 Å². The molecule has 0 atom stereocenters. The van der Waals surface area contributed by atoms with E-state index >= 15 is 0 Å². The van der Waals surface area contributed by atoms with Gasteiger partial charge in [-0.3, -0.25) is 10.1 Å². The van der Waals surface area contributed by atoms with Crippen LogP contribution in [0.25, 0.3) is 6.08 Å². The molecule has 0 bridgehead atoms. The van der Waals surface area contributed by atoms with Crippen molar-refractivity contribution < 1.29 is 9.66 Å². The highest BCUT2D eigenvalue weighted by Gasteiger charge is 2.03. The van der Waals surface area contributed by atoms with Gasteiger partial charge in [0.1, 0.15) is 12.4 Å². The average Bonchev–Trinajstić information content (AvgIpc) is 2.46. The third-order valence-corrected chi connectivity index (χ3v) is 2.94. The Bertz CT molecular complexity index is 623. The molecule has 0 aliphatic rings. The third kappa shape index (κ3) is 3.83. The van der Waals surface area contributed by atoms with Gasteiger partial charge in [-0.05, 0) is 29.8 Å². The van der Waals surface area contributed by atoms with Gasteiger partial charge in [0.15, 0.2) is 0 Å². The lowest BCUT2D eigenvalue weighted by molar-refractivity contribution is -0.384. The molecule has 0 aliphatic carbocycles. The van der Waals surface area contributed by atoms with Crippen LogP contribution in [0.15, 0.2) is 54.6 Å². The van der Waals surface area contributed by atoms with E-state index in [0.717, 1.165) is 5.56 Å². The third-order valence-electron chi connectivity index (χ3n) is 2.60. The van der Waals surface area contributed by atoms with Gasteiger partial charge < -0.3 is 4.74 Å². The monoisotopic (exact) mass is 289 g/mol. The number of ether oxygens (including phenoxy) is 1. The molecule has 0 saturated heterocycles.